The van der Waals surface area contributed by atoms with Crippen molar-refractivity contribution in [3.05, 3.63) is 18.2 Å². The third-order valence-electron chi connectivity index (χ3n) is 5.44. The van der Waals surface area contributed by atoms with Gasteiger partial charge in [0.25, 0.3) is 0 Å². The molecule has 2 N–H and O–H groups in total. The summed E-state index contributed by atoms with van der Waals surface area (Å²) in [5.41, 5.74) is 4.33. The van der Waals surface area contributed by atoms with Crippen molar-refractivity contribution in [2.75, 3.05) is 42.6 Å². The van der Waals surface area contributed by atoms with Crippen LogP contribution in [-0.2, 0) is 5.67 Å². The minimum Gasteiger partial charge on any atom is -0.490 e. The topological polar surface area (TPSA) is 106 Å². The minimum absolute atomic E-state index is 0.0808. The quantitative estimate of drug-likeness (QED) is 0.771. The number of halogens is 1. The maximum absolute atomic E-state index is 13.9. The Morgan fingerprint density at radius 3 is 2.45 bits per heavy atom. The van der Waals surface area contributed by atoms with Gasteiger partial charge >= 0.3 is 6.01 Å². The first kappa shape index (κ1) is 19.8. The lowest BCUT2D eigenvalue weighted by atomic mass is 9.98. The number of rotatable bonds is 6. The second-order valence-corrected chi connectivity index (χ2v) is 8.33. The first-order valence-corrected chi connectivity index (χ1v) is 10.1. The third-order valence-corrected chi connectivity index (χ3v) is 5.44. The number of anilines is 2. The van der Waals surface area contributed by atoms with Crippen LogP contribution in [0.5, 0.6) is 5.75 Å². The SMILES string of the molecule is CC(C)(F)c1noc(N2CCC(COc3cnc(N4CCC(N)C4)nc3)CC2)n1. The van der Waals surface area contributed by atoms with Crippen LogP contribution < -0.4 is 20.3 Å². The molecule has 0 saturated carbocycles. The van der Waals surface area contributed by atoms with Gasteiger partial charge < -0.3 is 24.8 Å². The van der Waals surface area contributed by atoms with Crippen molar-refractivity contribution in [2.24, 2.45) is 11.7 Å². The average Bonchev–Trinajstić information content (AvgIpc) is 3.37. The van der Waals surface area contributed by atoms with E-state index in [9.17, 15) is 4.39 Å². The molecule has 0 bridgehead atoms. The highest BCUT2D eigenvalue weighted by Crippen LogP contribution is 2.27. The first-order valence-electron chi connectivity index (χ1n) is 10.1. The molecule has 2 fully saturated rings. The highest BCUT2D eigenvalue weighted by molar-refractivity contribution is 5.33. The summed E-state index contributed by atoms with van der Waals surface area (Å²) < 4.78 is 25.0. The van der Waals surface area contributed by atoms with Crippen LogP contribution >= 0.6 is 0 Å². The molecule has 0 aliphatic carbocycles. The van der Waals surface area contributed by atoms with Crippen LogP contribution in [0, 0.1) is 5.92 Å². The van der Waals surface area contributed by atoms with Crippen molar-refractivity contribution in [1.29, 1.82) is 0 Å². The molecule has 1 atom stereocenters. The monoisotopic (exact) mass is 405 g/mol. The molecular formula is C19H28FN7O2. The molecule has 2 saturated heterocycles. The fraction of sp³-hybridized carbons (Fsp3) is 0.684. The molecule has 0 amide bonds. The standard InChI is InChI=1S/C19H28FN7O2/c1-19(2,20)16-24-18(29-25-16)26-6-3-13(4-7-26)12-28-15-9-22-17(23-10-15)27-8-5-14(21)11-27/h9-10,13-14H,3-8,11-12,21H2,1-2H3. The molecule has 9 nitrogen and oxygen atoms in total. The van der Waals surface area contributed by atoms with Crippen molar-refractivity contribution in [1.82, 2.24) is 20.1 Å². The van der Waals surface area contributed by atoms with Crippen molar-refractivity contribution >= 4 is 12.0 Å². The van der Waals surface area contributed by atoms with Gasteiger partial charge in [-0.05, 0) is 39.0 Å². The van der Waals surface area contributed by atoms with E-state index in [0.29, 0.717) is 30.2 Å². The molecule has 158 valence electrons. The number of piperidine rings is 1. The number of nitrogens with two attached hydrogens (primary N) is 1. The lowest BCUT2D eigenvalue weighted by Gasteiger charge is -2.30. The third kappa shape index (κ3) is 4.75. The van der Waals surface area contributed by atoms with Crippen LogP contribution in [0.25, 0.3) is 0 Å². The molecule has 4 heterocycles. The molecule has 1 unspecified atom stereocenters. The van der Waals surface area contributed by atoms with Gasteiger partial charge in [0.1, 0.15) is 0 Å². The molecule has 10 heteroatoms. The maximum Gasteiger partial charge on any atom is 0.324 e. The molecule has 0 radical (unpaired) electrons. The zero-order chi connectivity index (χ0) is 20.4. The summed E-state index contributed by atoms with van der Waals surface area (Å²) in [6, 6.07) is 0.582. The second-order valence-electron chi connectivity index (χ2n) is 8.33. The van der Waals surface area contributed by atoms with Crippen LogP contribution in [0.4, 0.5) is 16.4 Å². The van der Waals surface area contributed by atoms with Crippen molar-refractivity contribution < 1.29 is 13.7 Å². The Morgan fingerprint density at radius 2 is 1.86 bits per heavy atom. The molecule has 29 heavy (non-hydrogen) atoms. The van der Waals surface area contributed by atoms with Crippen LogP contribution in [0.15, 0.2) is 16.9 Å². The Balaban J connectivity index is 1.23. The van der Waals surface area contributed by atoms with E-state index in [4.69, 9.17) is 15.0 Å². The van der Waals surface area contributed by atoms with Gasteiger partial charge in [-0.3, -0.25) is 0 Å². The van der Waals surface area contributed by atoms with Gasteiger partial charge in [-0.25, -0.2) is 14.4 Å². The Hall–Kier alpha value is -2.49. The normalized spacial score (nSPS) is 21.0. The maximum atomic E-state index is 13.9. The predicted octanol–water partition coefficient (Wildman–Crippen LogP) is 1.90. The summed E-state index contributed by atoms with van der Waals surface area (Å²) in [4.78, 5) is 17.1. The number of alkyl halides is 1. The number of ether oxygens (including phenoxy) is 1. The van der Waals surface area contributed by atoms with Crippen LogP contribution in [0.1, 0.15) is 38.9 Å². The summed E-state index contributed by atoms with van der Waals surface area (Å²) >= 11 is 0. The predicted molar refractivity (Wildman–Crippen MR) is 106 cm³/mol. The minimum atomic E-state index is -1.60. The summed E-state index contributed by atoms with van der Waals surface area (Å²) in [6.07, 6.45) is 6.28. The molecular weight excluding hydrogens is 377 g/mol. The molecule has 0 spiro atoms. The fourth-order valence-electron chi connectivity index (χ4n) is 3.61. The van der Waals surface area contributed by atoms with E-state index in [2.05, 4.69) is 25.0 Å². The van der Waals surface area contributed by atoms with E-state index < -0.39 is 5.67 Å². The van der Waals surface area contributed by atoms with Gasteiger partial charge in [0, 0.05) is 32.2 Å². The van der Waals surface area contributed by atoms with Crippen LogP contribution in [-0.4, -0.2) is 58.9 Å². The number of aromatic nitrogens is 4. The summed E-state index contributed by atoms with van der Waals surface area (Å²) in [5, 5.41) is 3.75. The van der Waals surface area contributed by atoms with Gasteiger partial charge in [0.2, 0.25) is 11.8 Å². The first-order chi connectivity index (χ1) is 13.9. The number of nitrogens with zero attached hydrogens (tertiary/aromatic N) is 6. The van der Waals surface area contributed by atoms with Gasteiger partial charge in [-0.1, -0.05) is 5.16 Å². The van der Waals surface area contributed by atoms with Gasteiger partial charge in [0.05, 0.1) is 19.0 Å². The Morgan fingerprint density at radius 1 is 1.17 bits per heavy atom. The summed E-state index contributed by atoms with van der Waals surface area (Å²) in [7, 11) is 0. The van der Waals surface area contributed by atoms with E-state index in [-0.39, 0.29) is 11.9 Å². The molecule has 2 aromatic rings. The highest BCUT2D eigenvalue weighted by Gasteiger charge is 2.29. The summed E-state index contributed by atoms with van der Waals surface area (Å²) in [5.74, 6) is 1.88. The van der Waals surface area contributed by atoms with E-state index >= 15 is 0 Å². The molecule has 4 rings (SSSR count). The zero-order valence-electron chi connectivity index (χ0n) is 16.9. The smallest absolute Gasteiger partial charge is 0.324 e. The average molecular weight is 405 g/mol. The zero-order valence-corrected chi connectivity index (χ0v) is 16.9. The largest absolute Gasteiger partial charge is 0.490 e. The Bertz CT molecular complexity index is 800. The van der Waals surface area contributed by atoms with Gasteiger partial charge in [-0.15, -0.1) is 0 Å². The summed E-state index contributed by atoms with van der Waals surface area (Å²) in [6.45, 7) is 6.67. The van der Waals surface area contributed by atoms with E-state index in [1.807, 2.05) is 4.90 Å². The van der Waals surface area contributed by atoms with E-state index in [1.165, 1.54) is 13.8 Å². The van der Waals surface area contributed by atoms with E-state index in [0.717, 1.165) is 45.4 Å². The lowest BCUT2D eigenvalue weighted by molar-refractivity contribution is 0.199. The Labute approximate surface area is 169 Å². The molecule has 0 aromatic carbocycles. The van der Waals surface area contributed by atoms with Gasteiger partial charge in [0.15, 0.2) is 11.4 Å². The highest BCUT2D eigenvalue weighted by atomic mass is 19.1. The van der Waals surface area contributed by atoms with Crippen molar-refractivity contribution in [3.63, 3.8) is 0 Å². The van der Waals surface area contributed by atoms with Crippen molar-refractivity contribution in [2.45, 2.75) is 44.8 Å². The van der Waals surface area contributed by atoms with Gasteiger partial charge in [-0.2, -0.15) is 4.98 Å². The molecule has 2 aliphatic heterocycles. The number of hydrogen-bond acceptors (Lipinski definition) is 9. The number of hydrogen-bond donors (Lipinski definition) is 1. The molecule has 2 aromatic heterocycles. The van der Waals surface area contributed by atoms with Crippen molar-refractivity contribution in [3.8, 4) is 5.75 Å². The second kappa shape index (κ2) is 8.10. The van der Waals surface area contributed by atoms with Crippen LogP contribution in [0.3, 0.4) is 0 Å². The van der Waals surface area contributed by atoms with E-state index in [1.54, 1.807) is 12.4 Å². The fourth-order valence-corrected chi connectivity index (χ4v) is 3.61. The van der Waals surface area contributed by atoms with Crippen LogP contribution in [0.2, 0.25) is 0 Å². The lowest BCUT2D eigenvalue weighted by Crippen LogP contribution is -2.35. The molecule has 2 aliphatic rings. The Kier molecular flexibility index (Phi) is 5.53.